The number of rotatable bonds is 2. The van der Waals surface area contributed by atoms with Gasteiger partial charge in [-0.25, -0.2) is 0 Å². The van der Waals surface area contributed by atoms with Gasteiger partial charge in [-0.05, 0) is 25.0 Å². The molecule has 1 aromatic rings. The molecule has 1 amide bonds. The molecule has 80 valence electrons. The Morgan fingerprint density at radius 2 is 2.13 bits per heavy atom. The molecule has 1 saturated heterocycles. The summed E-state index contributed by atoms with van der Waals surface area (Å²) >= 11 is 0. The lowest BCUT2D eigenvalue weighted by atomic mass is 10.1. The van der Waals surface area contributed by atoms with Crippen LogP contribution in [-0.2, 0) is 4.74 Å². The van der Waals surface area contributed by atoms with Crippen LogP contribution in [0.25, 0.3) is 0 Å². The number of nitrogens with one attached hydrogen (secondary N) is 1. The van der Waals surface area contributed by atoms with Crippen LogP contribution in [0.1, 0.15) is 23.2 Å². The summed E-state index contributed by atoms with van der Waals surface area (Å²) < 4.78 is 5.30. The molecule has 3 nitrogen and oxygen atoms in total. The summed E-state index contributed by atoms with van der Waals surface area (Å²) in [6.07, 6.45) is 2.04. The highest BCUT2D eigenvalue weighted by Crippen LogP contribution is 2.07. The molecule has 0 spiro atoms. The van der Waals surface area contributed by atoms with Gasteiger partial charge in [0, 0.05) is 12.2 Å². The molecule has 0 radical (unpaired) electrons. The summed E-state index contributed by atoms with van der Waals surface area (Å²) in [5.41, 5.74) is 0.711. The van der Waals surface area contributed by atoms with Crippen LogP contribution in [0.15, 0.2) is 30.3 Å². The third-order valence-electron chi connectivity index (χ3n) is 2.53. The first-order valence-electron chi connectivity index (χ1n) is 5.30. The third-order valence-corrected chi connectivity index (χ3v) is 2.53. The predicted molar refractivity (Wildman–Crippen MR) is 57.7 cm³/mol. The van der Waals surface area contributed by atoms with Crippen molar-refractivity contribution in [2.24, 2.45) is 0 Å². The van der Waals surface area contributed by atoms with Gasteiger partial charge in [-0.3, -0.25) is 4.79 Å². The topological polar surface area (TPSA) is 38.3 Å². The van der Waals surface area contributed by atoms with E-state index >= 15 is 0 Å². The van der Waals surface area contributed by atoms with Crippen molar-refractivity contribution in [3.63, 3.8) is 0 Å². The van der Waals surface area contributed by atoms with Crippen LogP contribution in [0.2, 0.25) is 0 Å². The zero-order valence-corrected chi connectivity index (χ0v) is 8.61. The Morgan fingerprint density at radius 1 is 1.33 bits per heavy atom. The van der Waals surface area contributed by atoms with E-state index in [-0.39, 0.29) is 11.9 Å². The Balaban J connectivity index is 1.91. The van der Waals surface area contributed by atoms with Crippen LogP contribution in [0.5, 0.6) is 0 Å². The number of ether oxygens (including phenoxy) is 1. The number of carbonyl (C=O) groups excluding carboxylic acids is 1. The Kier molecular flexibility index (Phi) is 3.35. The maximum atomic E-state index is 11.7. The average molecular weight is 205 g/mol. The van der Waals surface area contributed by atoms with E-state index in [9.17, 15) is 4.79 Å². The Hall–Kier alpha value is -1.35. The molecule has 0 aliphatic carbocycles. The molecule has 1 aliphatic heterocycles. The van der Waals surface area contributed by atoms with Crippen LogP contribution >= 0.6 is 0 Å². The molecule has 0 unspecified atom stereocenters. The van der Waals surface area contributed by atoms with Crippen LogP contribution < -0.4 is 5.32 Å². The normalized spacial score (nSPS) is 20.9. The lowest BCUT2D eigenvalue weighted by Crippen LogP contribution is -2.40. The molecule has 1 aliphatic rings. The van der Waals surface area contributed by atoms with Gasteiger partial charge in [0.05, 0.1) is 12.6 Å². The summed E-state index contributed by atoms with van der Waals surface area (Å²) in [4.78, 5) is 11.7. The largest absolute Gasteiger partial charge is 0.379 e. The Bertz CT molecular complexity index is 318. The van der Waals surface area contributed by atoms with Crippen LogP contribution in [-0.4, -0.2) is 25.2 Å². The van der Waals surface area contributed by atoms with E-state index in [2.05, 4.69) is 5.32 Å². The SMILES string of the molecule is O=C(N[C@@H]1CCCOC1)c1ccccc1. The van der Waals surface area contributed by atoms with E-state index in [0.29, 0.717) is 12.2 Å². The van der Waals surface area contributed by atoms with Crippen molar-refractivity contribution in [1.29, 1.82) is 0 Å². The van der Waals surface area contributed by atoms with Crippen molar-refractivity contribution in [2.75, 3.05) is 13.2 Å². The molecule has 0 aromatic heterocycles. The fourth-order valence-electron chi connectivity index (χ4n) is 1.71. The van der Waals surface area contributed by atoms with Gasteiger partial charge >= 0.3 is 0 Å². The highest BCUT2D eigenvalue weighted by molar-refractivity contribution is 5.94. The summed E-state index contributed by atoms with van der Waals surface area (Å²) in [6, 6.07) is 9.45. The zero-order chi connectivity index (χ0) is 10.5. The highest BCUT2D eigenvalue weighted by atomic mass is 16.5. The second-order valence-electron chi connectivity index (χ2n) is 3.75. The monoisotopic (exact) mass is 205 g/mol. The standard InChI is InChI=1S/C12H15NO2/c14-12(10-5-2-1-3-6-10)13-11-7-4-8-15-9-11/h1-3,5-6,11H,4,7-9H2,(H,13,14)/t11-/m1/s1. The van der Waals surface area contributed by atoms with Crippen LogP contribution in [0.4, 0.5) is 0 Å². The van der Waals surface area contributed by atoms with Gasteiger partial charge in [0.2, 0.25) is 0 Å². The van der Waals surface area contributed by atoms with E-state index in [1.807, 2.05) is 30.3 Å². The lowest BCUT2D eigenvalue weighted by Gasteiger charge is -2.23. The molecule has 1 N–H and O–H groups in total. The van der Waals surface area contributed by atoms with Crippen LogP contribution in [0.3, 0.4) is 0 Å². The highest BCUT2D eigenvalue weighted by Gasteiger charge is 2.16. The third kappa shape index (κ3) is 2.80. The summed E-state index contributed by atoms with van der Waals surface area (Å²) in [5.74, 6) is -0.00824. The van der Waals surface area contributed by atoms with Crippen molar-refractivity contribution in [3.8, 4) is 0 Å². The van der Waals surface area contributed by atoms with Crippen molar-refractivity contribution < 1.29 is 9.53 Å². The van der Waals surface area contributed by atoms with Gasteiger partial charge < -0.3 is 10.1 Å². The molecular weight excluding hydrogens is 190 g/mol. The molecule has 2 rings (SSSR count). The molecule has 0 bridgehead atoms. The smallest absolute Gasteiger partial charge is 0.251 e. The molecule has 1 heterocycles. The maximum Gasteiger partial charge on any atom is 0.251 e. The summed E-state index contributed by atoms with van der Waals surface area (Å²) in [5, 5.41) is 2.97. The molecular formula is C12H15NO2. The Morgan fingerprint density at radius 3 is 2.80 bits per heavy atom. The van der Waals surface area contributed by atoms with Crippen molar-refractivity contribution in [3.05, 3.63) is 35.9 Å². The predicted octanol–water partition coefficient (Wildman–Crippen LogP) is 1.60. The van der Waals surface area contributed by atoms with Crippen molar-refractivity contribution in [1.82, 2.24) is 5.32 Å². The van der Waals surface area contributed by atoms with E-state index in [1.54, 1.807) is 0 Å². The average Bonchev–Trinajstić information content (AvgIpc) is 2.31. The Labute approximate surface area is 89.4 Å². The van der Waals surface area contributed by atoms with Gasteiger partial charge in [0.15, 0.2) is 0 Å². The zero-order valence-electron chi connectivity index (χ0n) is 8.61. The molecule has 15 heavy (non-hydrogen) atoms. The summed E-state index contributed by atoms with van der Waals surface area (Å²) in [7, 11) is 0. The second-order valence-corrected chi connectivity index (χ2v) is 3.75. The fourth-order valence-corrected chi connectivity index (χ4v) is 1.71. The van der Waals surface area contributed by atoms with Gasteiger partial charge in [0.25, 0.3) is 5.91 Å². The minimum absolute atomic E-state index is 0.00824. The number of carbonyl (C=O) groups is 1. The first-order chi connectivity index (χ1) is 7.36. The van der Waals surface area contributed by atoms with E-state index in [0.717, 1.165) is 19.4 Å². The fraction of sp³-hybridized carbons (Fsp3) is 0.417. The molecule has 1 fully saturated rings. The number of benzene rings is 1. The van der Waals surface area contributed by atoms with Gasteiger partial charge in [-0.1, -0.05) is 18.2 Å². The van der Waals surface area contributed by atoms with Gasteiger partial charge in [-0.15, -0.1) is 0 Å². The molecule has 1 aromatic carbocycles. The number of hydrogen-bond donors (Lipinski definition) is 1. The van der Waals surface area contributed by atoms with E-state index in [1.165, 1.54) is 0 Å². The van der Waals surface area contributed by atoms with E-state index in [4.69, 9.17) is 4.74 Å². The van der Waals surface area contributed by atoms with Crippen LogP contribution in [0, 0.1) is 0 Å². The van der Waals surface area contributed by atoms with E-state index < -0.39 is 0 Å². The van der Waals surface area contributed by atoms with Gasteiger partial charge in [0.1, 0.15) is 0 Å². The number of amides is 1. The first-order valence-corrected chi connectivity index (χ1v) is 5.30. The minimum atomic E-state index is -0.00824. The molecule has 3 heteroatoms. The molecule has 1 atom stereocenters. The number of hydrogen-bond acceptors (Lipinski definition) is 2. The minimum Gasteiger partial charge on any atom is -0.379 e. The lowest BCUT2D eigenvalue weighted by molar-refractivity contribution is 0.0624. The second kappa shape index (κ2) is 4.94. The molecule has 0 saturated carbocycles. The summed E-state index contributed by atoms with van der Waals surface area (Å²) in [6.45, 7) is 1.45. The van der Waals surface area contributed by atoms with Gasteiger partial charge in [-0.2, -0.15) is 0 Å². The first kappa shape index (κ1) is 10.2. The van der Waals surface area contributed by atoms with Crippen molar-refractivity contribution in [2.45, 2.75) is 18.9 Å². The van der Waals surface area contributed by atoms with Crippen molar-refractivity contribution >= 4 is 5.91 Å². The maximum absolute atomic E-state index is 11.7. The quantitative estimate of drug-likeness (QED) is 0.796.